The Morgan fingerprint density at radius 3 is 2.56 bits per heavy atom. The fourth-order valence-corrected chi connectivity index (χ4v) is 3.51. The molecule has 1 saturated heterocycles. The van der Waals surface area contributed by atoms with E-state index in [1.54, 1.807) is 12.4 Å². The minimum atomic E-state index is -0.291. The molecule has 1 aliphatic rings. The summed E-state index contributed by atoms with van der Waals surface area (Å²) < 4.78 is 13.1. The average molecular weight is 465 g/mol. The Kier molecular flexibility index (Phi) is 11.0. The van der Waals surface area contributed by atoms with E-state index in [2.05, 4.69) is 65.8 Å². The quantitative estimate of drug-likeness (QED) is 0.335. The van der Waals surface area contributed by atoms with Crippen molar-refractivity contribution >= 4 is 28.0 Å². The molecule has 0 spiro atoms. The van der Waals surface area contributed by atoms with E-state index >= 15 is 0 Å². The van der Waals surface area contributed by atoms with Gasteiger partial charge in [-0.1, -0.05) is 6.42 Å². The lowest BCUT2D eigenvalue weighted by Gasteiger charge is -2.25. The molecule has 9 nitrogen and oxygen atoms in total. The van der Waals surface area contributed by atoms with Gasteiger partial charge in [0.05, 0.1) is 30.5 Å². The van der Waals surface area contributed by atoms with Gasteiger partial charge in [0.25, 0.3) is 0 Å². The van der Waals surface area contributed by atoms with Crippen molar-refractivity contribution < 1.29 is 9.50 Å². The number of β-amino-alcohol motifs (C(OH)–C–C–N with tert-alkyl or cyclic N) is 1. The van der Waals surface area contributed by atoms with Crippen LogP contribution in [-0.2, 0) is 6.54 Å². The number of nitrogens with zero attached hydrogens (tertiary/aromatic N) is 5. The first kappa shape index (κ1) is 26.3. The van der Waals surface area contributed by atoms with Crippen LogP contribution in [0.2, 0.25) is 0 Å². The van der Waals surface area contributed by atoms with Crippen LogP contribution in [0.5, 0.6) is 0 Å². The van der Waals surface area contributed by atoms with Gasteiger partial charge in [0.15, 0.2) is 11.5 Å². The van der Waals surface area contributed by atoms with Gasteiger partial charge in [-0.15, -0.1) is 25.7 Å². The molecule has 0 amide bonds. The van der Waals surface area contributed by atoms with Crippen molar-refractivity contribution in [2.75, 3.05) is 31.6 Å². The highest BCUT2D eigenvalue weighted by atomic mass is 19.1. The van der Waals surface area contributed by atoms with E-state index in [-0.39, 0.29) is 5.82 Å². The molecule has 0 unspecified atom stereocenters. The highest BCUT2D eigenvalue weighted by Crippen LogP contribution is 2.17. The number of rotatable bonds is 5. The highest BCUT2D eigenvalue weighted by Gasteiger charge is 2.08. The lowest BCUT2D eigenvalue weighted by molar-refractivity contribution is 0.173. The van der Waals surface area contributed by atoms with Gasteiger partial charge in [0.2, 0.25) is 0 Å². The van der Waals surface area contributed by atoms with Gasteiger partial charge in [-0.25, -0.2) is 24.3 Å². The molecule has 3 aromatic heterocycles. The van der Waals surface area contributed by atoms with Crippen molar-refractivity contribution in [3.05, 3.63) is 42.5 Å². The first-order valence-corrected chi connectivity index (χ1v) is 10.7. The summed E-state index contributed by atoms with van der Waals surface area (Å²) in [6.45, 7) is 4.02. The molecule has 0 aliphatic carbocycles. The van der Waals surface area contributed by atoms with E-state index in [1.165, 1.54) is 50.8 Å². The minimum absolute atomic E-state index is 0.291. The number of aromatic nitrogens is 6. The van der Waals surface area contributed by atoms with Crippen LogP contribution in [0.4, 0.5) is 10.2 Å². The molecule has 4 aromatic rings. The number of hydrogen-bond acceptors (Lipinski definition) is 7. The third-order valence-corrected chi connectivity index (χ3v) is 5.00. The molecule has 0 bridgehead atoms. The van der Waals surface area contributed by atoms with Crippen LogP contribution in [0.3, 0.4) is 0 Å². The monoisotopic (exact) mass is 464 g/mol. The number of aliphatic hydroxyl groups excluding tert-OH is 1. The Hall–Kier alpha value is -3.99. The van der Waals surface area contributed by atoms with Crippen LogP contribution >= 0.6 is 0 Å². The van der Waals surface area contributed by atoms with Crippen molar-refractivity contribution in [2.24, 2.45) is 0 Å². The third-order valence-electron chi connectivity index (χ3n) is 5.00. The Morgan fingerprint density at radius 1 is 1.06 bits per heavy atom. The number of terminal acetylenes is 2. The smallest absolute Gasteiger partial charge is 0.182 e. The number of imidazole rings is 2. The predicted molar refractivity (Wildman–Crippen MR) is 132 cm³/mol. The fraction of sp³-hybridized carbons (Fsp3) is 0.333. The Labute approximate surface area is 198 Å². The maximum absolute atomic E-state index is 13.1. The standard InChI is InChI=1S/C13H10FN7.C7H15NO.2C2H2/c14-7-1-2-8-9(3-7)21-10(20-8)4-15-12-11-13(17-5-16-11)19-6-18-12;9-7-6-8-4-2-1-3-5-8;2*1-2/h1-3,5-6H,4H2,(H,20,21)(H2,15,16,17,18,19);9H,1-7H2;2*1-2H. The van der Waals surface area contributed by atoms with Gasteiger partial charge < -0.3 is 25.3 Å². The summed E-state index contributed by atoms with van der Waals surface area (Å²) in [6.07, 6.45) is 23.0. The molecule has 10 heteroatoms. The molecule has 34 heavy (non-hydrogen) atoms. The lowest BCUT2D eigenvalue weighted by atomic mass is 10.1. The van der Waals surface area contributed by atoms with Crippen LogP contribution < -0.4 is 5.32 Å². The number of aliphatic hydroxyl groups is 1. The lowest BCUT2D eigenvalue weighted by Crippen LogP contribution is -2.31. The van der Waals surface area contributed by atoms with E-state index < -0.39 is 0 Å². The van der Waals surface area contributed by atoms with Gasteiger partial charge in [0.1, 0.15) is 23.5 Å². The van der Waals surface area contributed by atoms with Crippen molar-refractivity contribution in [1.29, 1.82) is 0 Å². The van der Waals surface area contributed by atoms with Gasteiger partial charge >= 0.3 is 0 Å². The third kappa shape index (κ3) is 7.27. The number of piperidine rings is 1. The summed E-state index contributed by atoms with van der Waals surface area (Å²) in [4.78, 5) is 25.0. The van der Waals surface area contributed by atoms with Crippen LogP contribution in [0.25, 0.3) is 22.2 Å². The maximum Gasteiger partial charge on any atom is 0.182 e. The molecule has 1 aromatic carbocycles. The molecular weight excluding hydrogens is 435 g/mol. The second kappa shape index (κ2) is 14.2. The predicted octanol–water partition coefficient (Wildman–Crippen LogP) is 2.94. The first-order chi connectivity index (χ1) is 16.7. The molecule has 0 atom stereocenters. The fourth-order valence-electron chi connectivity index (χ4n) is 3.51. The largest absolute Gasteiger partial charge is 0.395 e. The molecule has 1 aliphatic heterocycles. The number of benzene rings is 1. The normalized spacial score (nSPS) is 13.0. The van der Waals surface area contributed by atoms with Crippen LogP contribution in [0.1, 0.15) is 25.1 Å². The second-order valence-electron chi connectivity index (χ2n) is 7.15. The molecule has 5 rings (SSSR count). The van der Waals surface area contributed by atoms with Crippen LogP contribution in [0.15, 0.2) is 30.9 Å². The maximum atomic E-state index is 13.1. The molecule has 178 valence electrons. The number of anilines is 1. The van der Waals surface area contributed by atoms with E-state index in [9.17, 15) is 4.39 Å². The molecule has 1 fully saturated rings. The molecule has 4 heterocycles. The first-order valence-electron chi connectivity index (χ1n) is 10.7. The number of aromatic amines is 2. The Balaban J connectivity index is 0.000000265. The summed E-state index contributed by atoms with van der Waals surface area (Å²) in [6, 6.07) is 4.45. The van der Waals surface area contributed by atoms with Crippen molar-refractivity contribution in [3.63, 3.8) is 0 Å². The van der Waals surface area contributed by atoms with Crippen LogP contribution in [-0.4, -0.2) is 66.2 Å². The van der Waals surface area contributed by atoms with Crippen LogP contribution in [0, 0.1) is 31.5 Å². The zero-order valence-electron chi connectivity index (χ0n) is 18.9. The molecule has 4 N–H and O–H groups in total. The van der Waals surface area contributed by atoms with Gasteiger partial charge in [-0.05, 0) is 44.1 Å². The second-order valence-corrected chi connectivity index (χ2v) is 7.15. The van der Waals surface area contributed by atoms with E-state index in [4.69, 9.17) is 5.11 Å². The van der Waals surface area contributed by atoms with Crippen molar-refractivity contribution in [3.8, 4) is 25.7 Å². The van der Waals surface area contributed by atoms with Gasteiger partial charge in [-0.3, -0.25) is 0 Å². The zero-order valence-corrected chi connectivity index (χ0v) is 18.9. The molecule has 0 radical (unpaired) electrons. The van der Waals surface area contributed by atoms with Crippen molar-refractivity contribution in [2.45, 2.75) is 25.8 Å². The summed E-state index contributed by atoms with van der Waals surface area (Å²) in [5.41, 5.74) is 2.72. The zero-order chi connectivity index (χ0) is 24.8. The average Bonchev–Trinajstić information content (AvgIpc) is 3.53. The number of H-pyrrole nitrogens is 2. The summed E-state index contributed by atoms with van der Waals surface area (Å²) in [5, 5.41) is 11.7. The number of fused-ring (bicyclic) bond motifs is 2. The summed E-state index contributed by atoms with van der Waals surface area (Å²) in [5.74, 6) is 1.05. The number of nitrogens with one attached hydrogen (secondary N) is 3. The number of likely N-dealkylation sites (tertiary alicyclic amines) is 1. The summed E-state index contributed by atoms with van der Waals surface area (Å²) >= 11 is 0. The minimum Gasteiger partial charge on any atom is -0.395 e. The van der Waals surface area contributed by atoms with E-state index in [1.807, 2.05) is 0 Å². The molecule has 0 saturated carbocycles. The summed E-state index contributed by atoms with van der Waals surface area (Å²) in [7, 11) is 0. The van der Waals surface area contributed by atoms with Crippen molar-refractivity contribution in [1.82, 2.24) is 34.8 Å². The Bertz CT molecular complexity index is 1170. The highest BCUT2D eigenvalue weighted by molar-refractivity contribution is 5.82. The van der Waals surface area contributed by atoms with E-state index in [0.717, 1.165) is 17.6 Å². The van der Waals surface area contributed by atoms with E-state index in [0.29, 0.717) is 36.0 Å². The van der Waals surface area contributed by atoms with Gasteiger partial charge in [0, 0.05) is 6.54 Å². The molecular formula is C24H29FN8O. The topological polar surface area (TPSA) is 119 Å². The SMILES string of the molecule is C#C.C#C.Fc1ccc2nc(CNc3ncnc4nc[nH]c34)[nH]c2c1.OCCN1CCCCC1. The number of halogens is 1. The number of hydrogen-bond donors (Lipinski definition) is 4. The van der Waals surface area contributed by atoms with Gasteiger partial charge in [-0.2, -0.15) is 0 Å². The Morgan fingerprint density at radius 2 is 1.82 bits per heavy atom.